The maximum atomic E-state index is 12.8. The van der Waals surface area contributed by atoms with E-state index < -0.39 is 23.3 Å². The fraction of sp³-hybridized carbons (Fsp3) is 0.348. The Hall–Kier alpha value is -3.17. The summed E-state index contributed by atoms with van der Waals surface area (Å²) in [4.78, 5) is 38.1. The van der Waals surface area contributed by atoms with Crippen LogP contribution >= 0.6 is 11.3 Å². The van der Waals surface area contributed by atoms with Crippen molar-refractivity contribution in [2.45, 2.75) is 39.2 Å². The lowest BCUT2D eigenvalue weighted by atomic mass is 10.00. The third-order valence-electron chi connectivity index (χ3n) is 4.62. The number of rotatable bonds is 10. The molecule has 172 valence electrons. The quantitative estimate of drug-likeness (QED) is 0.393. The van der Waals surface area contributed by atoms with Gasteiger partial charge < -0.3 is 19.0 Å². The van der Waals surface area contributed by atoms with Crippen LogP contribution in [0.4, 0.5) is 4.79 Å². The molecule has 0 bridgehead atoms. The molecule has 2 heterocycles. The number of carbonyl (C=O) groups excluding carboxylic acids is 2. The molecule has 2 aromatic heterocycles. The number of carbonyl (C=O) groups is 2. The summed E-state index contributed by atoms with van der Waals surface area (Å²) in [5.41, 5.74) is -0.952. The van der Waals surface area contributed by atoms with Crippen LogP contribution in [0.15, 0.2) is 45.3 Å². The van der Waals surface area contributed by atoms with E-state index in [-0.39, 0.29) is 17.2 Å². The van der Waals surface area contributed by atoms with Gasteiger partial charge in [-0.3, -0.25) is 10.1 Å². The average Bonchev–Trinajstić information content (AvgIpc) is 3.19. The fourth-order valence-electron chi connectivity index (χ4n) is 2.88. The Morgan fingerprint density at radius 2 is 2.06 bits per heavy atom. The van der Waals surface area contributed by atoms with Gasteiger partial charge in [-0.1, -0.05) is 13.0 Å². The molecule has 0 saturated heterocycles. The highest BCUT2D eigenvalue weighted by Crippen LogP contribution is 2.27. The van der Waals surface area contributed by atoms with Crippen LogP contribution in [0.1, 0.15) is 58.5 Å². The molecule has 32 heavy (non-hydrogen) atoms. The van der Waals surface area contributed by atoms with Gasteiger partial charge in [0.05, 0.1) is 13.7 Å². The van der Waals surface area contributed by atoms with Crippen LogP contribution in [-0.4, -0.2) is 31.2 Å². The average molecular weight is 462 g/mol. The lowest BCUT2D eigenvalue weighted by Crippen LogP contribution is -2.16. The number of allylic oxidation sites excluding steroid dienone is 2. The summed E-state index contributed by atoms with van der Waals surface area (Å²) in [5, 5.41) is 12.8. The van der Waals surface area contributed by atoms with Crippen molar-refractivity contribution in [2.75, 3.05) is 14.2 Å². The van der Waals surface area contributed by atoms with Crippen molar-refractivity contribution in [1.29, 1.82) is 0 Å². The third kappa shape index (κ3) is 6.93. The van der Waals surface area contributed by atoms with E-state index in [4.69, 9.17) is 9.15 Å². The van der Waals surface area contributed by atoms with Crippen LogP contribution in [0.3, 0.4) is 0 Å². The molecule has 0 radical (unpaired) electrons. The van der Waals surface area contributed by atoms with Gasteiger partial charge in [0.1, 0.15) is 17.1 Å². The lowest BCUT2D eigenvalue weighted by molar-refractivity contribution is 0.102. The SMILES string of the molecule is COCc1ccc(C=C(C)C(=O)c2c(O)cc(C(C)CC/C=C/NC(=O)OC)oc2=O)s1. The second-order valence-corrected chi connectivity index (χ2v) is 8.31. The van der Waals surface area contributed by atoms with E-state index in [9.17, 15) is 19.5 Å². The number of ketones is 1. The highest BCUT2D eigenvalue weighted by molar-refractivity contribution is 7.12. The van der Waals surface area contributed by atoms with Gasteiger partial charge in [-0.2, -0.15) is 0 Å². The Morgan fingerprint density at radius 1 is 1.31 bits per heavy atom. The Bertz CT molecular complexity index is 1060. The van der Waals surface area contributed by atoms with Crippen molar-refractivity contribution in [1.82, 2.24) is 5.32 Å². The lowest BCUT2D eigenvalue weighted by Gasteiger charge is -2.11. The van der Waals surface area contributed by atoms with E-state index >= 15 is 0 Å². The number of ether oxygens (including phenoxy) is 2. The van der Waals surface area contributed by atoms with E-state index in [2.05, 4.69) is 10.1 Å². The number of Topliss-reactive ketones (excluding diaryl/α,β-unsaturated/α-hetero) is 1. The normalized spacial score (nSPS) is 12.7. The van der Waals surface area contributed by atoms with E-state index in [1.165, 1.54) is 30.7 Å². The molecule has 2 N–H and O–H groups in total. The largest absolute Gasteiger partial charge is 0.507 e. The molecule has 0 aromatic carbocycles. The minimum Gasteiger partial charge on any atom is -0.507 e. The summed E-state index contributed by atoms with van der Waals surface area (Å²) >= 11 is 1.47. The van der Waals surface area contributed by atoms with E-state index in [0.29, 0.717) is 25.0 Å². The molecule has 1 amide bonds. The molecule has 9 heteroatoms. The van der Waals surface area contributed by atoms with Crippen LogP contribution in [-0.2, 0) is 16.1 Å². The van der Waals surface area contributed by atoms with Gasteiger partial charge in [0.25, 0.3) is 0 Å². The van der Waals surface area contributed by atoms with Crippen LogP contribution in [0, 0.1) is 0 Å². The van der Waals surface area contributed by atoms with E-state index in [1.807, 2.05) is 19.1 Å². The highest BCUT2D eigenvalue weighted by Gasteiger charge is 2.22. The summed E-state index contributed by atoms with van der Waals surface area (Å²) in [5.74, 6) is -0.908. The number of hydrogen-bond donors (Lipinski definition) is 2. The summed E-state index contributed by atoms with van der Waals surface area (Å²) in [6, 6.07) is 5.07. The Labute approximate surface area is 190 Å². The van der Waals surface area contributed by atoms with Crippen molar-refractivity contribution in [3.63, 3.8) is 0 Å². The van der Waals surface area contributed by atoms with Crippen molar-refractivity contribution in [3.8, 4) is 5.75 Å². The number of hydrogen-bond acceptors (Lipinski definition) is 8. The molecule has 1 atom stereocenters. The maximum absolute atomic E-state index is 12.8. The van der Waals surface area contributed by atoms with Crippen LogP contribution in [0.25, 0.3) is 6.08 Å². The predicted octanol–water partition coefficient (Wildman–Crippen LogP) is 4.59. The van der Waals surface area contributed by atoms with Crippen molar-refractivity contribution in [3.05, 3.63) is 67.5 Å². The third-order valence-corrected chi connectivity index (χ3v) is 5.63. The molecule has 0 spiro atoms. The minimum atomic E-state index is -0.876. The standard InChI is InChI=1S/C23H27NO7S/c1-14(7-5-6-10-24-23(28)30-4)19-12-18(25)20(22(27)31-19)21(26)15(2)11-16-8-9-17(32-16)13-29-3/h6,8-12,14,25H,5,7,13H2,1-4H3,(H,24,28)/b10-6+,15-11?. The second kappa shape index (κ2) is 12.0. The summed E-state index contributed by atoms with van der Waals surface area (Å²) in [6.45, 7) is 3.90. The zero-order chi connectivity index (χ0) is 23.7. The van der Waals surface area contributed by atoms with Gasteiger partial charge in [0.2, 0.25) is 0 Å². The van der Waals surface area contributed by atoms with Crippen LogP contribution in [0.2, 0.25) is 0 Å². The molecule has 8 nitrogen and oxygen atoms in total. The molecule has 0 saturated carbocycles. The fourth-order valence-corrected chi connectivity index (χ4v) is 3.86. The molecule has 0 fully saturated rings. The number of aromatic hydroxyl groups is 1. The monoisotopic (exact) mass is 461 g/mol. The Morgan fingerprint density at radius 3 is 2.72 bits per heavy atom. The first-order valence-corrected chi connectivity index (χ1v) is 10.8. The van der Waals surface area contributed by atoms with Crippen LogP contribution < -0.4 is 10.9 Å². The first kappa shape index (κ1) is 25.1. The van der Waals surface area contributed by atoms with Crippen molar-refractivity contribution >= 4 is 29.3 Å². The molecule has 2 rings (SSSR count). The first-order chi connectivity index (χ1) is 15.3. The highest BCUT2D eigenvalue weighted by atomic mass is 32.1. The van der Waals surface area contributed by atoms with Gasteiger partial charge in [-0.15, -0.1) is 11.3 Å². The number of alkyl carbamates (subject to hydrolysis) is 1. The minimum absolute atomic E-state index is 0.192. The number of amides is 1. The van der Waals surface area contributed by atoms with E-state index in [1.54, 1.807) is 26.2 Å². The van der Waals surface area contributed by atoms with Crippen molar-refractivity contribution < 1.29 is 28.6 Å². The van der Waals surface area contributed by atoms with Gasteiger partial charge >= 0.3 is 11.7 Å². The number of thiophene rings is 1. The zero-order valence-electron chi connectivity index (χ0n) is 18.5. The summed E-state index contributed by atoms with van der Waals surface area (Å²) in [7, 11) is 2.88. The molecule has 2 aromatic rings. The van der Waals surface area contributed by atoms with Gasteiger partial charge in [0.15, 0.2) is 5.78 Å². The smallest absolute Gasteiger partial charge is 0.410 e. The molecule has 0 aliphatic heterocycles. The van der Waals surface area contributed by atoms with Gasteiger partial charge in [-0.25, -0.2) is 9.59 Å². The topological polar surface area (TPSA) is 115 Å². The van der Waals surface area contributed by atoms with Crippen molar-refractivity contribution in [2.24, 2.45) is 0 Å². The molecule has 0 aliphatic rings. The molecule has 1 unspecified atom stereocenters. The molecular weight excluding hydrogens is 434 g/mol. The zero-order valence-corrected chi connectivity index (χ0v) is 19.3. The van der Waals surface area contributed by atoms with E-state index in [0.717, 1.165) is 9.75 Å². The summed E-state index contributed by atoms with van der Waals surface area (Å²) in [6.07, 6.45) is 5.48. The van der Waals surface area contributed by atoms with Gasteiger partial charge in [0, 0.05) is 35.0 Å². The molecular formula is C23H27NO7S. The van der Waals surface area contributed by atoms with Crippen LogP contribution in [0.5, 0.6) is 5.75 Å². The number of nitrogens with one attached hydrogen (secondary N) is 1. The predicted molar refractivity (Wildman–Crippen MR) is 122 cm³/mol. The molecule has 0 aliphatic carbocycles. The van der Waals surface area contributed by atoms with Gasteiger partial charge in [-0.05, 0) is 43.5 Å². The first-order valence-electron chi connectivity index (χ1n) is 9.94. The second-order valence-electron chi connectivity index (χ2n) is 7.11. The Kier molecular flexibility index (Phi) is 9.42. The Balaban J connectivity index is 2.10. The summed E-state index contributed by atoms with van der Waals surface area (Å²) < 4.78 is 14.9. The number of methoxy groups -OCH3 is 2. The maximum Gasteiger partial charge on any atom is 0.410 e.